The molecule has 12 heteroatoms. The number of rotatable bonds is 5. The van der Waals surface area contributed by atoms with Gasteiger partial charge in [0.2, 0.25) is 0 Å². The highest BCUT2D eigenvalue weighted by Gasteiger charge is 2.27. The SMILES string of the molecule is CC1=NN(c2ccccc2)C(=N)/C1=N/Nc1ccc(S(=O)(=O)O)cc1[N+](=O)[O-]. The van der Waals surface area contributed by atoms with Gasteiger partial charge >= 0.3 is 0 Å². The number of nitrogens with one attached hydrogen (secondary N) is 2. The Balaban J connectivity index is 1.91. The van der Waals surface area contributed by atoms with E-state index in [0.29, 0.717) is 11.4 Å². The van der Waals surface area contributed by atoms with E-state index in [1.165, 1.54) is 5.01 Å². The van der Waals surface area contributed by atoms with Crippen LogP contribution in [0, 0.1) is 15.5 Å². The molecule has 0 radical (unpaired) electrons. The number of nitro benzene ring substituents is 1. The van der Waals surface area contributed by atoms with E-state index < -0.39 is 25.6 Å². The summed E-state index contributed by atoms with van der Waals surface area (Å²) in [4.78, 5) is 9.81. The van der Waals surface area contributed by atoms with Gasteiger partial charge in [-0.25, -0.2) is 5.01 Å². The number of benzene rings is 2. The maximum absolute atomic E-state index is 11.2. The van der Waals surface area contributed by atoms with Gasteiger partial charge in [-0.3, -0.25) is 25.5 Å². The summed E-state index contributed by atoms with van der Waals surface area (Å²) in [6.07, 6.45) is 0. The Morgan fingerprint density at radius 2 is 1.93 bits per heavy atom. The molecular formula is C16H14N6O5S. The van der Waals surface area contributed by atoms with Gasteiger partial charge in [-0.05, 0) is 31.2 Å². The Kier molecular flexibility index (Phi) is 4.90. The van der Waals surface area contributed by atoms with Crippen LogP contribution in [0.4, 0.5) is 17.1 Å². The summed E-state index contributed by atoms with van der Waals surface area (Å²) < 4.78 is 31.4. The lowest BCUT2D eigenvalue weighted by Gasteiger charge is -2.13. The lowest BCUT2D eigenvalue weighted by molar-refractivity contribution is -0.384. The van der Waals surface area contributed by atoms with Crippen LogP contribution in [0.25, 0.3) is 0 Å². The van der Waals surface area contributed by atoms with E-state index >= 15 is 0 Å². The number of hydrogen-bond acceptors (Lipinski definition) is 8. The quantitative estimate of drug-likeness (QED) is 0.393. The monoisotopic (exact) mass is 402 g/mol. The first kappa shape index (κ1) is 19.1. The summed E-state index contributed by atoms with van der Waals surface area (Å²) in [5.41, 5.74) is 3.00. The average Bonchev–Trinajstić information content (AvgIpc) is 2.93. The molecule has 0 amide bonds. The minimum atomic E-state index is -4.59. The highest BCUT2D eigenvalue weighted by molar-refractivity contribution is 7.85. The molecule has 2 aromatic rings. The van der Waals surface area contributed by atoms with Gasteiger partial charge in [0.1, 0.15) is 10.6 Å². The highest BCUT2D eigenvalue weighted by atomic mass is 32.2. The van der Waals surface area contributed by atoms with E-state index in [1.807, 2.05) is 6.07 Å². The number of amidine groups is 1. The third kappa shape index (κ3) is 3.72. The number of hydrazone groups is 2. The lowest BCUT2D eigenvalue weighted by atomic mass is 10.2. The Morgan fingerprint density at radius 3 is 2.54 bits per heavy atom. The molecule has 144 valence electrons. The average molecular weight is 402 g/mol. The van der Waals surface area contributed by atoms with Crippen LogP contribution in [0.3, 0.4) is 0 Å². The van der Waals surface area contributed by atoms with E-state index in [9.17, 15) is 18.5 Å². The fraction of sp³-hybridized carbons (Fsp3) is 0.0625. The van der Waals surface area contributed by atoms with Gasteiger partial charge in [0.05, 0.1) is 16.3 Å². The molecule has 0 saturated carbocycles. The smallest absolute Gasteiger partial charge is 0.282 e. The first-order chi connectivity index (χ1) is 13.2. The van der Waals surface area contributed by atoms with Crippen molar-refractivity contribution >= 4 is 44.4 Å². The van der Waals surface area contributed by atoms with Crippen LogP contribution in [-0.2, 0) is 10.1 Å². The van der Waals surface area contributed by atoms with Crippen molar-refractivity contribution in [3.8, 4) is 0 Å². The van der Waals surface area contributed by atoms with Gasteiger partial charge in [0.15, 0.2) is 11.5 Å². The summed E-state index contributed by atoms with van der Waals surface area (Å²) in [6.45, 7) is 1.63. The zero-order valence-electron chi connectivity index (χ0n) is 14.4. The van der Waals surface area contributed by atoms with E-state index in [2.05, 4.69) is 15.6 Å². The van der Waals surface area contributed by atoms with Gasteiger partial charge in [-0.1, -0.05) is 18.2 Å². The molecule has 0 atom stereocenters. The standard InChI is InChI=1S/C16H14N6O5S/c1-10-15(16(17)21(20-10)11-5-3-2-4-6-11)19-18-13-8-7-12(28(25,26)27)9-14(13)22(23)24/h2-9,17-18H,1H3,(H,25,26,27)/b17-16?,19-15+. The Morgan fingerprint density at radius 1 is 1.25 bits per heavy atom. The van der Waals surface area contributed by atoms with E-state index in [4.69, 9.17) is 9.96 Å². The normalized spacial score (nSPS) is 15.6. The number of para-hydroxylation sites is 1. The molecule has 0 bridgehead atoms. The number of nitrogens with zero attached hydrogens (tertiary/aromatic N) is 4. The zero-order valence-corrected chi connectivity index (χ0v) is 15.2. The van der Waals surface area contributed by atoms with Crippen molar-refractivity contribution in [1.82, 2.24) is 0 Å². The summed E-state index contributed by atoms with van der Waals surface area (Å²) in [6, 6.07) is 11.8. The molecule has 28 heavy (non-hydrogen) atoms. The summed E-state index contributed by atoms with van der Waals surface area (Å²) in [5, 5.41) is 29.1. The number of hydrogen-bond donors (Lipinski definition) is 3. The second-order valence-electron chi connectivity index (χ2n) is 5.66. The van der Waals surface area contributed by atoms with Crippen LogP contribution in [0.15, 0.2) is 63.6 Å². The van der Waals surface area contributed by atoms with Gasteiger partial charge < -0.3 is 0 Å². The van der Waals surface area contributed by atoms with Gasteiger partial charge in [0, 0.05) is 6.07 Å². The van der Waals surface area contributed by atoms with Crippen LogP contribution in [0.2, 0.25) is 0 Å². The van der Waals surface area contributed by atoms with Crippen LogP contribution < -0.4 is 10.4 Å². The minimum absolute atomic E-state index is 0.0339. The number of anilines is 2. The molecule has 2 aromatic carbocycles. The van der Waals surface area contributed by atoms with Crippen molar-refractivity contribution in [3.63, 3.8) is 0 Å². The Bertz CT molecular complexity index is 1130. The topological polar surface area (TPSA) is 161 Å². The number of nitro groups is 1. The minimum Gasteiger partial charge on any atom is -0.282 e. The maximum Gasteiger partial charge on any atom is 0.295 e. The van der Waals surface area contributed by atoms with Crippen molar-refractivity contribution in [2.45, 2.75) is 11.8 Å². The third-order valence-electron chi connectivity index (χ3n) is 3.78. The molecule has 0 fully saturated rings. The molecule has 0 saturated heterocycles. The van der Waals surface area contributed by atoms with E-state index in [-0.39, 0.29) is 17.2 Å². The maximum atomic E-state index is 11.2. The first-order valence-corrected chi connectivity index (χ1v) is 9.22. The fourth-order valence-electron chi connectivity index (χ4n) is 2.44. The molecule has 1 heterocycles. The van der Waals surface area contributed by atoms with Crippen molar-refractivity contribution < 1.29 is 17.9 Å². The second kappa shape index (κ2) is 7.17. The van der Waals surface area contributed by atoms with E-state index in [0.717, 1.165) is 18.2 Å². The highest BCUT2D eigenvalue weighted by Crippen LogP contribution is 2.28. The molecule has 1 aliphatic heterocycles. The van der Waals surface area contributed by atoms with Crippen molar-refractivity contribution in [2.24, 2.45) is 10.2 Å². The van der Waals surface area contributed by atoms with Crippen LogP contribution in [0.5, 0.6) is 0 Å². The first-order valence-electron chi connectivity index (χ1n) is 7.78. The molecule has 3 N–H and O–H groups in total. The third-order valence-corrected chi connectivity index (χ3v) is 4.63. The molecule has 0 aliphatic carbocycles. The van der Waals surface area contributed by atoms with E-state index in [1.54, 1.807) is 31.2 Å². The van der Waals surface area contributed by atoms with Gasteiger partial charge in [-0.2, -0.15) is 18.6 Å². The fourth-order valence-corrected chi connectivity index (χ4v) is 2.94. The van der Waals surface area contributed by atoms with Crippen LogP contribution >= 0.6 is 0 Å². The lowest BCUT2D eigenvalue weighted by Crippen LogP contribution is -2.27. The molecule has 1 aliphatic rings. The summed E-state index contributed by atoms with van der Waals surface area (Å²) in [7, 11) is -4.59. The van der Waals surface area contributed by atoms with Crippen molar-refractivity contribution in [1.29, 1.82) is 5.41 Å². The van der Waals surface area contributed by atoms with Gasteiger partial charge in [-0.15, -0.1) is 0 Å². The predicted molar refractivity (Wildman–Crippen MR) is 104 cm³/mol. The Hall–Kier alpha value is -3.64. The van der Waals surface area contributed by atoms with Crippen molar-refractivity contribution in [3.05, 3.63) is 58.6 Å². The largest absolute Gasteiger partial charge is 0.295 e. The predicted octanol–water partition coefficient (Wildman–Crippen LogP) is 2.48. The summed E-state index contributed by atoms with van der Waals surface area (Å²) in [5.74, 6) is -0.0339. The molecule has 3 rings (SSSR count). The molecular weight excluding hydrogens is 388 g/mol. The van der Waals surface area contributed by atoms with Crippen LogP contribution in [-0.4, -0.2) is 35.2 Å². The molecule has 11 nitrogen and oxygen atoms in total. The van der Waals surface area contributed by atoms with Crippen molar-refractivity contribution in [2.75, 3.05) is 10.4 Å². The molecule has 0 unspecified atom stereocenters. The summed E-state index contributed by atoms with van der Waals surface area (Å²) >= 11 is 0. The molecule has 0 aromatic heterocycles. The Labute approximate surface area is 159 Å². The zero-order chi connectivity index (χ0) is 20.5. The second-order valence-corrected chi connectivity index (χ2v) is 7.09. The van der Waals surface area contributed by atoms with Gasteiger partial charge in [0.25, 0.3) is 15.8 Å². The molecule has 0 spiro atoms. The van der Waals surface area contributed by atoms with Crippen LogP contribution in [0.1, 0.15) is 6.92 Å².